The summed E-state index contributed by atoms with van der Waals surface area (Å²) in [7, 11) is 0. The molecule has 0 unspecified atom stereocenters. The average molecular weight is 641 g/mol. The number of rotatable bonds is 4. The van der Waals surface area contributed by atoms with Crippen LogP contribution >= 0.6 is 0 Å². The van der Waals surface area contributed by atoms with Crippen molar-refractivity contribution in [2.75, 3.05) is 4.90 Å². The molecule has 8 aromatic carbocycles. The molecule has 0 spiro atoms. The van der Waals surface area contributed by atoms with Crippen LogP contribution in [0.4, 0.5) is 17.1 Å². The molecule has 11 rings (SSSR count). The second kappa shape index (κ2) is 10.4. The molecule has 3 aromatic heterocycles. The molecule has 0 radical (unpaired) electrons. The molecule has 234 valence electrons. The van der Waals surface area contributed by atoms with E-state index in [4.69, 9.17) is 8.83 Å². The van der Waals surface area contributed by atoms with Gasteiger partial charge in [-0.05, 0) is 95.7 Å². The summed E-state index contributed by atoms with van der Waals surface area (Å²) >= 11 is 0. The zero-order valence-electron chi connectivity index (χ0n) is 26.9. The number of nitrogens with zero attached hydrogens (tertiary/aromatic N) is 2. The highest BCUT2D eigenvalue weighted by Crippen LogP contribution is 2.42. The molecule has 50 heavy (non-hydrogen) atoms. The van der Waals surface area contributed by atoms with Gasteiger partial charge in [0.05, 0.1) is 11.0 Å². The van der Waals surface area contributed by atoms with Crippen molar-refractivity contribution < 1.29 is 8.83 Å². The van der Waals surface area contributed by atoms with Gasteiger partial charge in [0.2, 0.25) is 0 Å². The molecule has 0 amide bonds. The van der Waals surface area contributed by atoms with Gasteiger partial charge in [-0.1, -0.05) is 84.9 Å². The molecule has 0 N–H and O–H groups in total. The number of aromatic nitrogens is 1. The minimum absolute atomic E-state index is 0.875. The summed E-state index contributed by atoms with van der Waals surface area (Å²) in [6.45, 7) is 0. The fraction of sp³-hybridized carbons (Fsp3) is 0. The van der Waals surface area contributed by atoms with Crippen molar-refractivity contribution in [3.63, 3.8) is 0 Å². The highest BCUT2D eigenvalue weighted by molar-refractivity contribution is 6.21. The van der Waals surface area contributed by atoms with E-state index >= 15 is 0 Å². The zero-order chi connectivity index (χ0) is 32.8. The Morgan fingerprint density at radius 3 is 1.54 bits per heavy atom. The first kappa shape index (κ1) is 27.2. The Morgan fingerprint density at radius 2 is 0.880 bits per heavy atom. The monoisotopic (exact) mass is 640 g/mol. The number of furan rings is 2. The number of benzene rings is 8. The SMILES string of the molecule is c1ccc2c(c1)ccc1c2c2ccccc2n1-c1ccc(N(c2ccc3oc4ccccc4c3c2)c2ccc3oc4ccccc4c3c2)cc1. The molecule has 0 aliphatic carbocycles. The Labute approximate surface area is 286 Å². The predicted molar refractivity (Wildman–Crippen MR) is 208 cm³/mol. The predicted octanol–water partition coefficient (Wildman–Crippen LogP) is 13.2. The minimum Gasteiger partial charge on any atom is -0.456 e. The molecule has 0 fully saturated rings. The van der Waals surface area contributed by atoms with E-state index in [9.17, 15) is 0 Å². The maximum absolute atomic E-state index is 6.21. The molecule has 0 atom stereocenters. The van der Waals surface area contributed by atoms with Crippen LogP contribution in [0.5, 0.6) is 0 Å². The van der Waals surface area contributed by atoms with Gasteiger partial charge in [-0.2, -0.15) is 0 Å². The van der Waals surface area contributed by atoms with Gasteiger partial charge in [0.15, 0.2) is 0 Å². The quantitative estimate of drug-likeness (QED) is 0.192. The van der Waals surface area contributed by atoms with Crippen molar-refractivity contribution in [3.8, 4) is 5.69 Å². The number of hydrogen-bond acceptors (Lipinski definition) is 3. The first-order valence-electron chi connectivity index (χ1n) is 16.9. The second-order valence-corrected chi connectivity index (χ2v) is 12.9. The summed E-state index contributed by atoms with van der Waals surface area (Å²) in [5.74, 6) is 0. The van der Waals surface area contributed by atoms with Crippen LogP contribution in [0.1, 0.15) is 0 Å². The summed E-state index contributed by atoms with van der Waals surface area (Å²) in [6.07, 6.45) is 0. The second-order valence-electron chi connectivity index (χ2n) is 12.9. The average Bonchev–Trinajstić information content (AvgIpc) is 3.85. The van der Waals surface area contributed by atoms with Crippen LogP contribution in [0.2, 0.25) is 0 Å². The molecule has 0 saturated heterocycles. The summed E-state index contributed by atoms with van der Waals surface area (Å²) in [5, 5.41) is 9.45. The Kier molecular flexibility index (Phi) is 5.63. The van der Waals surface area contributed by atoms with E-state index in [-0.39, 0.29) is 0 Å². The van der Waals surface area contributed by atoms with Gasteiger partial charge in [-0.3, -0.25) is 0 Å². The van der Waals surface area contributed by atoms with Crippen molar-refractivity contribution in [2.45, 2.75) is 0 Å². The Balaban J connectivity index is 1.12. The largest absolute Gasteiger partial charge is 0.456 e. The summed E-state index contributed by atoms with van der Waals surface area (Å²) < 4.78 is 14.8. The molecule has 0 saturated carbocycles. The van der Waals surface area contributed by atoms with Crippen molar-refractivity contribution in [1.82, 2.24) is 4.57 Å². The van der Waals surface area contributed by atoms with E-state index in [0.29, 0.717) is 0 Å². The fourth-order valence-corrected chi connectivity index (χ4v) is 7.92. The lowest BCUT2D eigenvalue weighted by atomic mass is 10.0. The van der Waals surface area contributed by atoms with Gasteiger partial charge in [0.25, 0.3) is 0 Å². The smallest absolute Gasteiger partial charge is 0.135 e. The molecule has 4 nitrogen and oxygen atoms in total. The number of anilines is 3. The molecule has 0 bridgehead atoms. The van der Waals surface area contributed by atoms with E-state index in [2.05, 4.69) is 155 Å². The Morgan fingerprint density at radius 1 is 0.360 bits per heavy atom. The van der Waals surface area contributed by atoms with Gasteiger partial charge < -0.3 is 18.3 Å². The lowest BCUT2D eigenvalue weighted by Gasteiger charge is -2.26. The normalized spacial score (nSPS) is 12.0. The van der Waals surface area contributed by atoms with Crippen LogP contribution in [0.3, 0.4) is 0 Å². The van der Waals surface area contributed by atoms with Gasteiger partial charge in [0.1, 0.15) is 22.3 Å². The van der Waals surface area contributed by atoms with Crippen LogP contribution in [0.15, 0.2) is 179 Å². The van der Waals surface area contributed by atoms with Crippen molar-refractivity contribution >= 4 is 93.5 Å². The highest BCUT2D eigenvalue weighted by atomic mass is 16.3. The standard InChI is InChI=1S/C46H28N2O2/c1-2-10-34-29(9-1)17-24-41-46(34)37-13-3-6-14-40(37)48(41)31-20-18-30(19-21-31)47(32-22-25-44-38(27-32)35-11-4-7-15-42(35)49-44)33-23-26-45-39(28-33)36-12-5-8-16-43(36)50-45/h1-28H. The molecule has 4 heteroatoms. The van der Waals surface area contributed by atoms with Gasteiger partial charge in [0, 0.05) is 55.1 Å². The van der Waals surface area contributed by atoms with Crippen LogP contribution < -0.4 is 4.90 Å². The summed E-state index contributed by atoms with van der Waals surface area (Å²) in [5.41, 5.74) is 10.2. The van der Waals surface area contributed by atoms with Crippen molar-refractivity contribution in [2.24, 2.45) is 0 Å². The van der Waals surface area contributed by atoms with Gasteiger partial charge in [-0.15, -0.1) is 0 Å². The molecular weight excluding hydrogens is 613 g/mol. The lowest BCUT2D eigenvalue weighted by molar-refractivity contribution is 0.668. The Hall–Kier alpha value is -6.78. The van der Waals surface area contributed by atoms with E-state index in [1.54, 1.807) is 0 Å². The van der Waals surface area contributed by atoms with Crippen LogP contribution in [0.25, 0.3) is 82.1 Å². The van der Waals surface area contributed by atoms with Crippen molar-refractivity contribution in [3.05, 3.63) is 170 Å². The maximum Gasteiger partial charge on any atom is 0.135 e. The number of para-hydroxylation sites is 3. The first-order valence-corrected chi connectivity index (χ1v) is 16.9. The third-order valence-corrected chi connectivity index (χ3v) is 10.2. The molecule has 0 aliphatic rings. The molecule has 3 heterocycles. The van der Waals surface area contributed by atoms with Crippen molar-refractivity contribution in [1.29, 1.82) is 0 Å². The fourth-order valence-electron chi connectivity index (χ4n) is 7.92. The topological polar surface area (TPSA) is 34.5 Å². The highest BCUT2D eigenvalue weighted by Gasteiger charge is 2.19. The van der Waals surface area contributed by atoms with Gasteiger partial charge in [-0.25, -0.2) is 0 Å². The molecule has 11 aromatic rings. The first-order chi connectivity index (χ1) is 24.8. The van der Waals surface area contributed by atoms with E-state index in [1.807, 2.05) is 24.3 Å². The van der Waals surface area contributed by atoms with E-state index < -0.39 is 0 Å². The maximum atomic E-state index is 6.21. The third kappa shape index (κ3) is 3.93. The molecular formula is C46H28N2O2. The minimum atomic E-state index is 0.875. The number of fused-ring (bicyclic) bond motifs is 11. The van der Waals surface area contributed by atoms with E-state index in [0.717, 1.165) is 66.6 Å². The van der Waals surface area contributed by atoms with Crippen LogP contribution in [-0.4, -0.2) is 4.57 Å². The van der Waals surface area contributed by atoms with E-state index in [1.165, 1.54) is 32.6 Å². The van der Waals surface area contributed by atoms with Gasteiger partial charge >= 0.3 is 0 Å². The molecule has 0 aliphatic heterocycles. The van der Waals surface area contributed by atoms with Crippen LogP contribution in [-0.2, 0) is 0 Å². The Bertz CT molecular complexity index is 2990. The zero-order valence-corrected chi connectivity index (χ0v) is 26.9. The van der Waals surface area contributed by atoms with Crippen LogP contribution in [0, 0.1) is 0 Å². The third-order valence-electron chi connectivity index (χ3n) is 10.2. The summed E-state index contributed by atoms with van der Waals surface area (Å²) in [6, 6.07) is 60.2. The number of hydrogen-bond donors (Lipinski definition) is 0. The lowest BCUT2D eigenvalue weighted by Crippen LogP contribution is -2.10. The summed E-state index contributed by atoms with van der Waals surface area (Å²) in [4.78, 5) is 2.32.